The third-order valence-electron chi connectivity index (χ3n) is 10.0. The molecule has 0 aliphatic rings. The van der Waals surface area contributed by atoms with Crippen LogP contribution in [0.1, 0.15) is 0 Å². The molecule has 0 bridgehead atoms. The number of pyridine rings is 1. The minimum Gasteiger partial charge on any atom is -0.310 e. The van der Waals surface area contributed by atoms with Crippen LogP contribution in [-0.2, 0) is 0 Å². The van der Waals surface area contributed by atoms with Crippen molar-refractivity contribution in [3.8, 4) is 45.4 Å². The molecule has 0 atom stereocenters. The number of hydrogen-bond acceptors (Lipinski definition) is 5. The van der Waals surface area contributed by atoms with Crippen molar-refractivity contribution in [2.24, 2.45) is 0 Å². The summed E-state index contributed by atoms with van der Waals surface area (Å²) >= 11 is 0. The molecular weight excluding hydrogens is 671 g/mol. The van der Waals surface area contributed by atoms with Crippen molar-refractivity contribution in [3.63, 3.8) is 0 Å². The second-order valence-corrected chi connectivity index (χ2v) is 13.5. The highest BCUT2D eigenvalue weighted by atomic mass is 15.1. The molecule has 8 aromatic carbocycles. The van der Waals surface area contributed by atoms with Gasteiger partial charge in [-0.3, -0.25) is 0 Å². The van der Waals surface area contributed by atoms with Crippen molar-refractivity contribution in [1.29, 1.82) is 0 Å². The van der Waals surface area contributed by atoms with E-state index in [1.54, 1.807) is 0 Å². The molecule has 0 aliphatic heterocycles. The highest BCUT2D eigenvalue weighted by molar-refractivity contribution is 6.22. The average Bonchev–Trinajstić information content (AvgIpc) is 3.27. The van der Waals surface area contributed by atoms with Gasteiger partial charge in [0.15, 0.2) is 17.5 Å². The number of aromatic nitrogens is 4. The van der Waals surface area contributed by atoms with Gasteiger partial charge in [-0.25, -0.2) is 19.9 Å². The Morgan fingerprint density at radius 2 is 0.818 bits per heavy atom. The van der Waals surface area contributed by atoms with Crippen molar-refractivity contribution < 1.29 is 0 Å². The highest BCUT2D eigenvalue weighted by Gasteiger charge is 2.18. The first kappa shape index (κ1) is 32.2. The molecule has 0 amide bonds. The first-order valence-corrected chi connectivity index (χ1v) is 18.4. The SMILES string of the molecule is c1ccc(-c2nc(-c3ccccc3)nc(-c3cccc(-c4nc5cc(N(c6ccccc6)c6ccccc6)ccc5c5c4ccc4ccccc45)c3)n2)cc1. The van der Waals surface area contributed by atoms with Crippen LogP contribution in [0, 0.1) is 0 Å². The van der Waals surface area contributed by atoms with Gasteiger partial charge in [0.25, 0.3) is 0 Å². The number of nitrogens with zero attached hydrogens (tertiary/aromatic N) is 5. The summed E-state index contributed by atoms with van der Waals surface area (Å²) < 4.78 is 0. The molecule has 5 nitrogen and oxygen atoms in total. The largest absolute Gasteiger partial charge is 0.310 e. The van der Waals surface area contributed by atoms with E-state index in [0.717, 1.165) is 61.3 Å². The predicted octanol–water partition coefficient (Wildman–Crippen LogP) is 12.9. The Hall–Kier alpha value is -7.50. The smallest absolute Gasteiger partial charge is 0.164 e. The fraction of sp³-hybridized carbons (Fsp3) is 0. The monoisotopic (exact) mass is 703 g/mol. The van der Waals surface area contributed by atoms with Gasteiger partial charge in [-0.1, -0.05) is 158 Å². The van der Waals surface area contributed by atoms with Crippen molar-refractivity contribution in [3.05, 3.63) is 200 Å². The van der Waals surface area contributed by atoms with Crippen LogP contribution in [0.5, 0.6) is 0 Å². The molecule has 5 heteroatoms. The fourth-order valence-corrected chi connectivity index (χ4v) is 7.47. The summed E-state index contributed by atoms with van der Waals surface area (Å²) in [5.41, 5.74) is 8.74. The van der Waals surface area contributed by atoms with Gasteiger partial charge >= 0.3 is 0 Å². The second kappa shape index (κ2) is 13.8. The number of rotatable bonds is 7. The first-order valence-electron chi connectivity index (χ1n) is 18.4. The van der Waals surface area contributed by atoms with Crippen LogP contribution in [0.4, 0.5) is 17.1 Å². The van der Waals surface area contributed by atoms with Crippen molar-refractivity contribution in [2.45, 2.75) is 0 Å². The Kier molecular flexibility index (Phi) is 8.08. The predicted molar refractivity (Wildman–Crippen MR) is 227 cm³/mol. The molecule has 0 aliphatic carbocycles. The molecule has 55 heavy (non-hydrogen) atoms. The lowest BCUT2D eigenvalue weighted by Gasteiger charge is -2.26. The van der Waals surface area contributed by atoms with E-state index in [0.29, 0.717) is 17.5 Å². The minimum absolute atomic E-state index is 0.605. The van der Waals surface area contributed by atoms with Gasteiger partial charge in [0.1, 0.15) is 0 Å². The summed E-state index contributed by atoms with van der Waals surface area (Å²) in [6.07, 6.45) is 0. The third-order valence-corrected chi connectivity index (χ3v) is 10.0. The van der Waals surface area contributed by atoms with E-state index in [2.05, 4.69) is 132 Å². The van der Waals surface area contributed by atoms with Crippen LogP contribution in [0.2, 0.25) is 0 Å². The molecule has 2 aromatic heterocycles. The zero-order chi connectivity index (χ0) is 36.6. The van der Waals surface area contributed by atoms with Crippen LogP contribution in [0.25, 0.3) is 77.9 Å². The van der Waals surface area contributed by atoms with Crippen molar-refractivity contribution in [2.75, 3.05) is 4.90 Å². The zero-order valence-electron chi connectivity index (χ0n) is 29.8. The van der Waals surface area contributed by atoms with Gasteiger partial charge in [-0.2, -0.15) is 0 Å². The molecule has 0 unspecified atom stereocenters. The normalized spacial score (nSPS) is 11.3. The Bertz CT molecular complexity index is 2870. The van der Waals surface area contributed by atoms with Crippen LogP contribution in [0.3, 0.4) is 0 Å². The summed E-state index contributed by atoms with van der Waals surface area (Å²) in [7, 11) is 0. The summed E-state index contributed by atoms with van der Waals surface area (Å²) in [5, 5.41) is 5.75. The Morgan fingerprint density at radius 3 is 1.45 bits per heavy atom. The summed E-state index contributed by atoms with van der Waals surface area (Å²) in [4.78, 5) is 22.7. The molecule has 258 valence electrons. The van der Waals surface area contributed by atoms with Gasteiger partial charge < -0.3 is 4.90 Å². The second-order valence-electron chi connectivity index (χ2n) is 13.5. The topological polar surface area (TPSA) is 54.8 Å². The third kappa shape index (κ3) is 6.04. The molecule has 10 rings (SSSR count). The maximum absolute atomic E-state index is 5.50. The zero-order valence-corrected chi connectivity index (χ0v) is 29.8. The van der Waals surface area contributed by atoms with Gasteiger partial charge in [-0.15, -0.1) is 0 Å². The summed E-state index contributed by atoms with van der Waals surface area (Å²) in [5.74, 6) is 1.86. The standard InChI is InChI=1S/C50H33N5/c1-5-17-35(18-6-1)48-52-49(36-19-7-2-8-20-36)54-50(53-48)38-22-15-21-37(32-38)47-44-30-28-34-16-13-14-27-42(34)46(44)43-31-29-41(33-45(43)51-47)55(39-23-9-3-10-24-39)40-25-11-4-12-26-40/h1-33H. The molecule has 0 fully saturated rings. The van der Waals surface area contributed by atoms with Gasteiger partial charge in [0, 0.05) is 55.5 Å². The molecule has 0 saturated heterocycles. The Labute approximate surface area is 318 Å². The van der Waals surface area contributed by atoms with Crippen LogP contribution < -0.4 is 4.90 Å². The van der Waals surface area contributed by atoms with E-state index in [4.69, 9.17) is 19.9 Å². The van der Waals surface area contributed by atoms with Crippen LogP contribution in [-0.4, -0.2) is 19.9 Å². The Morgan fingerprint density at radius 1 is 0.309 bits per heavy atom. The molecule has 10 aromatic rings. The molecule has 0 spiro atoms. The number of hydrogen-bond donors (Lipinski definition) is 0. The van der Waals surface area contributed by atoms with Gasteiger partial charge in [-0.05, 0) is 53.2 Å². The maximum Gasteiger partial charge on any atom is 0.164 e. The number of fused-ring (bicyclic) bond motifs is 5. The summed E-state index contributed by atoms with van der Waals surface area (Å²) in [6.45, 7) is 0. The minimum atomic E-state index is 0.605. The highest BCUT2D eigenvalue weighted by Crippen LogP contribution is 2.41. The lowest BCUT2D eigenvalue weighted by atomic mass is 9.94. The van der Waals surface area contributed by atoms with E-state index in [1.165, 1.54) is 16.2 Å². The lowest BCUT2D eigenvalue weighted by molar-refractivity contribution is 1.07. The van der Waals surface area contributed by atoms with Gasteiger partial charge in [0.05, 0.1) is 11.2 Å². The quantitative estimate of drug-likeness (QED) is 0.155. The van der Waals surface area contributed by atoms with E-state index < -0.39 is 0 Å². The van der Waals surface area contributed by atoms with E-state index >= 15 is 0 Å². The summed E-state index contributed by atoms with van der Waals surface area (Å²) in [6, 6.07) is 69.2. The van der Waals surface area contributed by atoms with Crippen LogP contribution in [0.15, 0.2) is 200 Å². The van der Waals surface area contributed by atoms with E-state index in [9.17, 15) is 0 Å². The molecular formula is C50H33N5. The first-order chi connectivity index (χ1) is 27.3. The molecule has 0 N–H and O–H groups in total. The van der Waals surface area contributed by atoms with Crippen molar-refractivity contribution >= 4 is 49.5 Å². The van der Waals surface area contributed by atoms with Crippen LogP contribution >= 0.6 is 0 Å². The maximum atomic E-state index is 5.50. The van der Waals surface area contributed by atoms with E-state index in [-0.39, 0.29) is 0 Å². The fourth-order valence-electron chi connectivity index (χ4n) is 7.47. The average molecular weight is 704 g/mol. The molecule has 0 radical (unpaired) electrons. The number of benzene rings is 8. The van der Waals surface area contributed by atoms with E-state index in [1.807, 2.05) is 72.8 Å². The molecule has 2 heterocycles. The molecule has 0 saturated carbocycles. The van der Waals surface area contributed by atoms with Gasteiger partial charge in [0.2, 0.25) is 0 Å². The number of para-hydroxylation sites is 2. The van der Waals surface area contributed by atoms with Crippen molar-refractivity contribution in [1.82, 2.24) is 19.9 Å². The number of anilines is 3. The Balaban J connectivity index is 1.19. The lowest BCUT2D eigenvalue weighted by Crippen LogP contribution is -2.09.